The van der Waals surface area contributed by atoms with Crippen molar-refractivity contribution < 1.29 is 27.5 Å². The highest BCUT2D eigenvalue weighted by Gasteiger charge is 2.34. The SMILES string of the molecule is C[C@H](NC(=O)c1cc(OC(F)(F)F)cc(C2CC2)c1)c1nc(N(C)C)nn1-c1ccc(N(C)C(=O)C2CC2)cn1. The number of nitrogens with one attached hydrogen (secondary N) is 1. The molecule has 5 rings (SSSR count). The van der Waals surface area contributed by atoms with Gasteiger partial charge in [0.05, 0.1) is 17.9 Å². The summed E-state index contributed by atoms with van der Waals surface area (Å²) in [6.07, 6.45) is 0.195. The molecule has 0 spiro atoms. The van der Waals surface area contributed by atoms with Crippen molar-refractivity contribution in [3.63, 3.8) is 0 Å². The fraction of sp³-hybridized carbons (Fsp3) is 0.444. The summed E-state index contributed by atoms with van der Waals surface area (Å²) in [7, 11) is 5.25. The van der Waals surface area contributed by atoms with Crippen LogP contribution in [0.15, 0.2) is 36.5 Å². The van der Waals surface area contributed by atoms with E-state index in [1.54, 1.807) is 62.3 Å². The average molecular weight is 558 g/mol. The summed E-state index contributed by atoms with van der Waals surface area (Å²) in [5, 5.41) is 7.34. The van der Waals surface area contributed by atoms with Gasteiger partial charge in [0.2, 0.25) is 11.9 Å². The lowest BCUT2D eigenvalue weighted by molar-refractivity contribution is -0.274. The van der Waals surface area contributed by atoms with E-state index in [0.717, 1.165) is 31.7 Å². The molecule has 0 unspecified atom stereocenters. The number of rotatable bonds is 9. The molecule has 1 N–H and O–H groups in total. The Hall–Kier alpha value is -4.16. The van der Waals surface area contributed by atoms with Gasteiger partial charge in [0.15, 0.2) is 11.6 Å². The van der Waals surface area contributed by atoms with Gasteiger partial charge >= 0.3 is 6.36 Å². The zero-order chi connectivity index (χ0) is 28.8. The lowest BCUT2D eigenvalue weighted by Gasteiger charge is -2.18. The van der Waals surface area contributed by atoms with Crippen LogP contribution in [0.25, 0.3) is 5.82 Å². The molecule has 0 aliphatic heterocycles. The predicted octanol–water partition coefficient (Wildman–Crippen LogP) is 4.37. The highest BCUT2D eigenvalue weighted by molar-refractivity contribution is 5.96. The number of halogens is 3. The second-order valence-corrected chi connectivity index (χ2v) is 10.4. The molecule has 13 heteroatoms. The van der Waals surface area contributed by atoms with E-state index in [1.165, 1.54) is 10.7 Å². The number of nitrogens with zero attached hydrogens (tertiary/aromatic N) is 6. The van der Waals surface area contributed by atoms with E-state index in [2.05, 4.69) is 25.1 Å². The molecule has 0 radical (unpaired) electrons. The third-order valence-corrected chi connectivity index (χ3v) is 6.82. The molecule has 2 aliphatic carbocycles. The first-order valence-electron chi connectivity index (χ1n) is 13.0. The number of carbonyl (C=O) groups is 2. The van der Waals surface area contributed by atoms with Crippen LogP contribution in [0.2, 0.25) is 0 Å². The molecular formula is C27H30F3N7O3. The van der Waals surface area contributed by atoms with Crippen LogP contribution in [0.3, 0.4) is 0 Å². The van der Waals surface area contributed by atoms with Crippen LogP contribution in [-0.2, 0) is 4.79 Å². The fourth-order valence-electron chi connectivity index (χ4n) is 4.33. The number of benzene rings is 1. The maximum absolute atomic E-state index is 13.2. The van der Waals surface area contributed by atoms with Crippen LogP contribution in [0, 0.1) is 5.92 Å². The Balaban J connectivity index is 1.39. The highest BCUT2D eigenvalue weighted by Crippen LogP contribution is 2.42. The molecule has 1 aromatic carbocycles. The summed E-state index contributed by atoms with van der Waals surface area (Å²) in [5.41, 5.74) is 1.33. The van der Waals surface area contributed by atoms with Gasteiger partial charge in [-0.2, -0.15) is 9.67 Å². The first-order chi connectivity index (χ1) is 18.9. The van der Waals surface area contributed by atoms with E-state index < -0.39 is 24.1 Å². The van der Waals surface area contributed by atoms with Gasteiger partial charge in [0.25, 0.3) is 5.91 Å². The van der Waals surface area contributed by atoms with Gasteiger partial charge < -0.3 is 19.9 Å². The number of hydrogen-bond acceptors (Lipinski definition) is 7. The van der Waals surface area contributed by atoms with Gasteiger partial charge in [-0.3, -0.25) is 9.59 Å². The molecule has 0 saturated heterocycles. The lowest BCUT2D eigenvalue weighted by Crippen LogP contribution is -2.29. The predicted molar refractivity (Wildman–Crippen MR) is 141 cm³/mol. The summed E-state index contributed by atoms with van der Waals surface area (Å²) in [4.78, 5) is 37.9. The van der Waals surface area contributed by atoms with Crippen molar-refractivity contribution in [2.24, 2.45) is 5.92 Å². The molecule has 10 nitrogen and oxygen atoms in total. The first kappa shape index (κ1) is 27.4. The number of pyridine rings is 1. The minimum absolute atomic E-state index is 0.0526. The Bertz CT molecular complexity index is 1410. The van der Waals surface area contributed by atoms with Crippen molar-refractivity contribution in [1.82, 2.24) is 25.1 Å². The highest BCUT2D eigenvalue weighted by atomic mass is 19.4. The molecule has 212 valence electrons. The van der Waals surface area contributed by atoms with Gasteiger partial charge in [-0.15, -0.1) is 18.3 Å². The van der Waals surface area contributed by atoms with Crippen LogP contribution >= 0.6 is 0 Å². The number of alkyl halides is 3. The molecule has 0 bridgehead atoms. The summed E-state index contributed by atoms with van der Waals surface area (Å²) in [5.74, 6) is 0.387. The molecular weight excluding hydrogens is 527 g/mol. The van der Waals surface area contributed by atoms with E-state index in [0.29, 0.717) is 28.8 Å². The zero-order valence-electron chi connectivity index (χ0n) is 22.6. The third-order valence-electron chi connectivity index (χ3n) is 6.82. The molecule has 2 aromatic heterocycles. The number of carbonyl (C=O) groups excluding carboxylic acids is 2. The van der Waals surface area contributed by atoms with Gasteiger partial charge in [0, 0.05) is 32.6 Å². The zero-order valence-corrected chi connectivity index (χ0v) is 22.6. The minimum Gasteiger partial charge on any atom is -0.406 e. The molecule has 40 heavy (non-hydrogen) atoms. The van der Waals surface area contributed by atoms with E-state index in [1.807, 2.05) is 0 Å². The Morgan fingerprint density at radius 3 is 2.40 bits per heavy atom. The Kier molecular flexibility index (Phi) is 7.15. The molecule has 2 amide bonds. The van der Waals surface area contributed by atoms with E-state index in [-0.39, 0.29) is 23.3 Å². The third kappa shape index (κ3) is 6.18. The minimum atomic E-state index is -4.87. The molecule has 3 aromatic rings. The number of anilines is 2. The molecule has 2 fully saturated rings. The maximum Gasteiger partial charge on any atom is 0.573 e. The molecule has 2 saturated carbocycles. The van der Waals surface area contributed by atoms with Gasteiger partial charge in [-0.25, -0.2) is 4.98 Å². The quantitative estimate of drug-likeness (QED) is 0.417. The number of amides is 2. The topological polar surface area (TPSA) is 105 Å². The van der Waals surface area contributed by atoms with Crippen LogP contribution in [0.4, 0.5) is 24.8 Å². The van der Waals surface area contributed by atoms with Crippen LogP contribution in [-0.4, -0.2) is 59.1 Å². The van der Waals surface area contributed by atoms with Gasteiger partial charge in [0.1, 0.15) is 5.75 Å². The van der Waals surface area contributed by atoms with Crippen molar-refractivity contribution in [3.8, 4) is 11.6 Å². The van der Waals surface area contributed by atoms with E-state index in [9.17, 15) is 22.8 Å². The van der Waals surface area contributed by atoms with Crippen molar-refractivity contribution in [1.29, 1.82) is 0 Å². The molecule has 2 aliphatic rings. The molecule has 1 atom stereocenters. The van der Waals surface area contributed by atoms with Crippen molar-refractivity contribution >= 4 is 23.5 Å². The Labute approximate surface area is 229 Å². The number of hydrogen-bond donors (Lipinski definition) is 1. The molecule has 2 heterocycles. The Morgan fingerprint density at radius 1 is 1.10 bits per heavy atom. The van der Waals surface area contributed by atoms with Crippen molar-refractivity contribution in [3.05, 3.63) is 53.5 Å². The summed E-state index contributed by atoms with van der Waals surface area (Å²) < 4.78 is 44.3. The van der Waals surface area contributed by atoms with Gasteiger partial charge in [-0.1, -0.05) is 0 Å². The van der Waals surface area contributed by atoms with E-state index >= 15 is 0 Å². The monoisotopic (exact) mass is 557 g/mol. The van der Waals surface area contributed by atoms with Crippen molar-refractivity contribution in [2.75, 3.05) is 30.9 Å². The number of aromatic nitrogens is 4. The second kappa shape index (κ2) is 10.4. The summed E-state index contributed by atoms with van der Waals surface area (Å²) >= 11 is 0. The van der Waals surface area contributed by atoms with E-state index in [4.69, 9.17) is 0 Å². The average Bonchev–Trinajstić information content (AvgIpc) is 3.83. The fourth-order valence-corrected chi connectivity index (χ4v) is 4.33. The van der Waals surface area contributed by atoms with Crippen LogP contribution < -0.4 is 19.9 Å². The maximum atomic E-state index is 13.2. The smallest absolute Gasteiger partial charge is 0.406 e. The van der Waals surface area contributed by atoms with Gasteiger partial charge in [-0.05, 0) is 74.4 Å². The lowest BCUT2D eigenvalue weighted by atomic mass is 10.1. The van der Waals surface area contributed by atoms with Crippen LogP contribution in [0.5, 0.6) is 5.75 Å². The number of ether oxygens (including phenoxy) is 1. The Morgan fingerprint density at radius 2 is 1.82 bits per heavy atom. The summed E-state index contributed by atoms with van der Waals surface area (Å²) in [6.45, 7) is 1.70. The van der Waals surface area contributed by atoms with Crippen molar-refractivity contribution in [2.45, 2.75) is 50.9 Å². The summed E-state index contributed by atoms with van der Waals surface area (Å²) in [6, 6.07) is 6.79. The normalized spacial score (nSPS) is 15.9. The second-order valence-electron chi connectivity index (χ2n) is 10.4. The van der Waals surface area contributed by atoms with Crippen LogP contribution in [0.1, 0.15) is 66.3 Å². The largest absolute Gasteiger partial charge is 0.573 e. The standard InChI is InChI=1S/C27H30F3N7O3/c1-15(32-24(38)19-11-18(16-5-6-16)12-21(13-19)40-27(28,29)30)23-33-26(35(2)3)34-37(23)22-10-9-20(14-31-22)36(4)25(39)17-7-8-17/h9-17H,5-8H2,1-4H3,(H,32,38)/t15-/m0/s1. The first-order valence-corrected chi connectivity index (χ1v) is 13.0.